The molecular weight excluding hydrogens is 335 g/mol. The largest absolute Gasteiger partial charge is 0.457 e. The highest BCUT2D eigenvalue weighted by Crippen LogP contribution is 2.36. The van der Waals surface area contributed by atoms with Crippen LogP contribution < -0.4 is 4.74 Å². The third-order valence-corrected chi connectivity index (χ3v) is 3.74. The first-order valence-electron chi connectivity index (χ1n) is 6.84. The van der Waals surface area contributed by atoms with Crippen molar-refractivity contribution in [1.82, 2.24) is 0 Å². The van der Waals surface area contributed by atoms with Crippen molar-refractivity contribution in [2.45, 2.75) is 32.8 Å². The standard InChI is InChI=1S/C17H18BrFO2/c1-10(2)13-9-12(18)7-8-15(13)21-16-6-4-5-14(19)17(16)11(3)20/h4-11,20H,1-3H3. The van der Waals surface area contributed by atoms with Crippen molar-refractivity contribution in [3.05, 3.63) is 57.8 Å². The van der Waals surface area contributed by atoms with Gasteiger partial charge in [0.25, 0.3) is 0 Å². The molecule has 112 valence electrons. The smallest absolute Gasteiger partial charge is 0.136 e. The van der Waals surface area contributed by atoms with Crippen LogP contribution in [0.5, 0.6) is 11.5 Å². The number of hydrogen-bond donors (Lipinski definition) is 1. The van der Waals surface area contributed by atoms with Gasteiger partial charge < -0.3 is 9.84 Å². The lowest BCUT2D eigenvalue weighted by Crippen LogP contribution is -2.01. The maximum Gasteiger partial charge on any atom is 0.136 e. The van der Waals surface area contributed by atoms with Crippen LogP contribution in [0.2, 0.25) is 0 Å². The number of ether oxygens (including phenoxy) is 1. The van der Waals surface area contributed by atoms with E-state index in [2.05, 4.69) is 29.8 Å². The van der Waals surface area contributed by atoms with E-state index < -0.39 is 11.9 Å². The van der Waals surface area contributed by atoms with E-state index in [9.17, 15) is 9.50 Å². The van der Waals surface area contributed by atoms with E-state index in [-0.39, 0.29) is 11.5 Å². The number of aliphatic hydroxyl groups excluding tert-OH is 1. The zero-order valence-corrected chi connectivity index (χ0v) is 13.8. The van der Waals surface area contributed by atoms with Gasteiger partial charge in [0, 0.05) is 4.47 Å². The van der Waals surface area contributed by atoms with E-state index >= 15 is 0 Å². The molecule has 0 saturated heterocycles. The number of benzene rings is 2. The summed E-state index contributed by atoms with van der Waals surface area (Å²) in [5.74, 6) is 0.807. The molecule has 0 spiro atoms. The lowest BCUT2D eigenvalue weighted by molar-refractivity contribution is 0.190. The summed E-state index contributed by atoms with van der Waals surface area (Å²) in [4.78, 5) is 0. The molecule has 0 amide bonds. The molecule has 0 bridgehead atoms. The fourth-order valence-electron chi connectivity index (χ4n) is 2.19. The van der Waals surface area contributed by atoms with Crippen LogP contribution in [-0.4, -0.2) is 5.11 Å². The van der Waals surface area contributed by atoms with Gasteiger partial charge in [-0.15, -0.1) is 0 Å². The average Bonchev–Trinajstić information content (AvgIpc) is 2.40. The summed E-state index contributed by atoms with van der Waals surface area (Å²) >= 11 is 3.44. The molecule has 0 aliphatic carbocycles. The summed E-state index contributed by atoms with van der Waals surface area (Å²) in [6, 6.07) is 10.3. The molecule has 0 radical (unpaired) electrons. The van der Waals surface area contributed by atoms with Crippen LogP contribution >= 0.6 is 15.9 Å². The van der Waals surface area contributed by atoms with Gasteiger partial charge in [0.05, 0.1) is 11.7 Å². The van der Waals surface area contributed by atoms with Gasteiger partial charge in [-0.25, -0.2) is 4.39 Å². The molecule has 0 aliphatic rings. The Labute approximate surface area is 132 Å². The van der Waals surface area contributed by atoms with Crippen molar-refractivity contribution in [2.24, 2.45) is 0 Å². The maximum atomic E-state index is 13.9. The summed E-state index contributed by atoms with van der Waals surface area (Å²) in [5, 5.41) is 9.76. The second kappa shape index (κ2) is 6.58. The van der Waals surface area contributed by atoms with Crippen molar-refractivity contribution < 1.29 is 14.2 Å². The molecule has 0 fully saturated rings. The van der Waals surface area contributed by atoms with E-state index in [4.69, 9.17) is 4.74 Å². The van der Waals surface area contributed by atoms with E-state index in [0.29, 0.717) is 11.5 Å². The maximum absolute atomic E-state index is 13.9. The molecule has 2 nitrogen and oxygen atoms in total. The molecule has 2 aromatic rings. The van der Waals surface area contributed by atoms with Gasteiger partial charge in [-0.05, 0) is 48.7 Å². The van der Waals surface area contributed by atoms with Gasteiger partial charge in [-0.1, -0.05) is 35.8 Å². The Bertz CT molecular complexity index is 639. The first-order chi connectivity index (χ1) is 9.90. The van der Waals surface area contributed by atoms with Gasteiger partial charge in [-0.2, -0.15) is 0 Å². The fraction of sp³-hybridized carbons (Fsp3) is 0.294. The second-order valence-corrected chi connectivity index (χ2v) is 6.18. The molecule has 1 N–H and O–H groups in total. The van der Waals surface area contributed by atoms with Crippen molar-refractivity contribution in [3.63, 3.8) is 0 Å². The van der Waals surface area contributed by atoms with Crippen molar-refractivity contribution >= 4 is 15.9 Å². The molecule has 0 aromatic heterocycles. The molecule has 1 unspecified atom stereocenters. The van der Waals surface area contributed by atoms with Crippen LogP contribution in [0.15, 0.2) is 40.9 Å². The zero-order chi connectivity index (χ0) is 15.6. The molecule has 0 heterocycles. The van der Waals surface area contributed by atoms with Crippen molar-refractivity contribution in [2.75, 3.05) is 0 Å². The Balaban J connectivity index is 2.46. The minimum Gasteiger partial charge on any atom is -0.457 e. The summed E-state index contributed by atoms with van der Waals surface area (Å²) in [5.41, 5.74) is 1.19. The molecule has 0 saturated carbocycles. The Kier molecular flexibility index (Phi) is 5.01. The highest BCUT2D eigenvalue weighted by atomic mass is 79.9. The van der Waals surface area contributed by atoms with Crippen LogP contribution in [0.4, 0.5) is 4.39 Å². The lowest BCUT2D eigenvalue weighted by atomic mass is 10.0. The summed E-state index contributed by atoms with van der Waals surface area (Å²) in [6.07, 6.45) is -0.931. The molecule has 2 aromatic carbocycles. The Morgan fingerprint density at radius 1 is 1.10 bits per heavy atom. The van der Waals surface area contributed by atoms with E-state index in [1.807, 2.05) is 18.2 Å². The minimum absolute atomic E-state index is 0.176. The topological polar surface area (TPSA) is 29.5 Å². The van der Waals surface area contributed by atoms with Crippen LogP contribution in [0.25, 0.3) is 0 Å². The SMILES string of the molecule is CC(C)c1cc(Br)ccc1Oc1cccc(F)c1C(C)O. The van der Waals surface area contributed by atoms with Crippen molar-refractivity contribution in [3.8, 4) is 11.5 Å². The predicted octanol–water partition coefficient (Wildman–Crippen LogP) is 5.56. The highest BCUT2D eigenvalue weighted by molar-refractivity contribution is 9.10. The third kappa shape index (κ3) is 3.63. The predicted molar refractivity (Wildman–Crippen MR) is 85.3 cm³/mol. The summed E-state index contributed by atoms with van der Waals surface area (Å²) < 4.78 is 20.7. The van der Waals surface area contributed by atoms with Gasteiger partial charge in [0.1, 0.15) is 17.3 Å². The van der Waals surface area contributed by atoms with E-state index in [1.54, 1.807) is 12.1 Å². The Morgan fingerprint density at radius 2 is 1.81 bits per heavy atom. The van der Waals surface area contributed by atoms with Gasteiger partial charge >= 0.3 is 0 Å². The number of rotatable bonds is 4. The lowest BCUT2D eigenvalue weighted by Gasteiger charge is -2.17. The van der Waals surface area contributed by atoms with Gasteiger partial charge in [0.2, 0.25) is 0 Å². The third-order valence-electron chi connectivity index (χ3n) is 3.24. The Hall–Kier alpha value is -1.39. The molecule has 4 heteroatoms. The van der Waals surface area contributed by atoms with Crippen LogP contribution in [0.1, 0.15) is 43.9 Å². The van der Waals surface area contributed by atoms with Gasteiger partial charge in [-0.3, -0.25) is 0 Å². The summed E-state index contributed by atoms with van der Waals surface area (Å²) in [6.45, 7) is 5.65. The fourth-order valence-corrected chi connectivity index (χ4v) is 2.57. The van der Waals surface area contributed by atoms with Crippen LogP contribution in [-0.2, 0) is 0 Å². The first-order valence-corrected chi connectivity index (χ1v) is 7.63. The minimum atomic E-state index is -0.931. The average molecular weight is 353 g/mol. The molecule has 1 atom stereocenters. The van der Waals surface area contributed by atoms with Gasteiger partial charge in [0.15, 0.2) is 0 Å². The number of halogens is 2. The molecule has 21 heavy (non-hydrogen) atoms. The molecule has 2 rings (SSSR count). The number of hydrogen-bond acceptors (Lipinski definition) is 2. The zero-order valence-electron chi connectivity index (χ0n) is 12.2. The van der Waals surface area contributed by atoms with Crippen LogP contribution in [0, 0.1) is 5.82 Å². The second-order valence-electron chi connectivity index (χ2n) is 5.27. The monoisotopic (exact) mass is 352 g/mol. The Morgan fingerprint density at radius 3 is 2.43 bits per heavy atom. The highest BCUT2D eigenvalue weighted by Gasteiger charge is 2.17. The van der Waals surface area contributed by atoms with E-state index in [0.717, 1.165) is 10.0 Å². The van der Waals surface area contributed by atoms with Crippen molar-refractivity contribution in [1.29, 1.82) is 0 Å². The van der Waals surface area contributed by atoms with Crippen LogP contribution in [0.3, 0.4) is 0 Å². The molecule has 0 aliphatic heterocycles. The summed E-state index contributed by atoms with van der Waals surface area (Å²) in [7, 11) is 0. The first kappa shape index (κ1) is 16.0. The number of aliphatic hydroxyl groups is 1. The van der Waals surface area contributed by atoms with E-state index in [1.165, 1.54) is 13.0 Å². The molecular formula is C17H18BrFO2. The quantitative estimate of drug-likeness (QED) is 0.780. The normalized spacial score (nSPS) is 12.5.